The Morgan fingerprint density at radius 2 is 2.18 bits per heavy atom. The normalized spacial score (nSPS) is 10.6. The lowest BCUT2D eigenvalue weighted by Gasteiger charge is -2.19. The Bertz CT molecular complexity index is 376. The molecule has 0 bridgehead atoms. The van der Waals surface area contributed by atoms with Gasteiger partial charge in [-0.3, -0.25) is 9.69 Å². The molecule has 4 nitrogen and oxygen atoms in total. The van der Waals surface area contributed by atoms with Gasteiger partial charge in [-0.2, -0.15) is 0 Å². The highest BCUT2D eigenvalue weighted by atomic mass is 19.1. The number of benzene rings is 1. The van der Waals surface area contributed by atoms with Gasteiger partial charge in [-0.15, -0.1) is 0 Å². The first-order valence-electron chi connectivity index (χ1n) is 5.46. The molecule has 17 heavy (non-hydrogen) atoms. The van der Waals surface area contributed by atoms with Crippen LogP contribution in [0, 0.1) is 5.82 Å². The molecule has 1 rings (SSSR count). The quantitative estimate of drug-likeness (QED) is 0.810. The highest BCUT2D eigenvalue weighted by Gasteiger charge is 2.09. The van der Waals surface area contributed by atoms with Crippen molar-refractivity contribution in [2.75, 3.05) is 20.1 Å². The Hall–Kier alpha value is -1.62. The molecule has 1 aromatic rings. The van der Waals surface area contributed by atoms with Crippen LogP contribution in [0.1, 0.15) is 12.5 Å². The molecule has 0 fully saturated rings. The summed E-state index contributed by atoms with van der Waals surface area (Å²) in [5.41, 5.74) is 0.647. The number of halogens is 1. The van der Waals surface area contributed by atoms with Crippen LogP contribution in [-0.4, -0.2) is 36.1 Å². The van der Waals surface area contributed by atoms with Crippen molar-refractivity contribution in [3.8, 4) is 5.75 Å². The molecule has 5 heteroatoms. The van der Waals surface area contributed by atoms with E-state index in [2.05, 4.69) is 5.32 Å². The van der Waals surface area contributed by atoms with E-state index in [9.17, 15) is 14.3 Å². The van der Waals surface area contributed by atoms with Crippen molar-refractivity contribution in [1.82, 2.24) is 10.2 Å². The monoisotopic (exact) mass is 240 g/mol. The highest BCUT2D eigenvalue weighted by Crippen LogP contribution is 2.16. The molecule has 0 unspecified atom stereocenters. The maximum atomic E-state index is 13.1. The number of hydrogen-bond donors (Lipinski definition) is 2. The second-order valence-electron chi connectivity index (χ2n) is 3.79. The van der Waals surface area contributed by atoms with Gasteiger partial charge in [0.15, 0.2) is 0 Å². The van der Waals surface area contributed by atoms with Crippen LogP contribution in [0.25, 0.3) is 0 Å². The lowest BCUT2D eigenvalue weighted by atomic mass is 10.2. The lowest BCUT2D eigenvalue weighted by molar-refractivity contribution is -0.121. The van der Waals surface area contributed by atoms with E-state index < -0.39 is 5.82 Å². The van der Waals surface area contributed by atoms with E-state index >= 15 is 0 Å². The van der Waals surface area contributed by atoms with E-state index in [1.165, 1.54) is 12.1 Å². The number of likely N-dealkylation sites (N-methyl/N-ethyl adjacent to an activating group) is 2. The van der Waals surface area contributed by atoms with E-state index in [-0.39, 0.29) is 18.2 Å². The van der Waals surface area contributed by atoms with Gasteiger partial charge >= 0.3 is 0 Å². The Kier molecular flexibility index (Phi) is 4.90. The SMILES string of the molecule is CCN(CC(=O)NC)Cc1cc(O)cc(F)c1. The summed E-state index contributed by atoms with van der Waals surface area (Å²) >= 11 is 0. The zero-order chi connectivity index (χ0) is 12.8. The molecule has 0 aliphatic heterocycles. The minimum atomic E-state index is -0.476. The minimum absolute atomic E-state index is 0.0903. The number of hydrogen-bond acceptors (Lipinski definition) is 3. The zero-order valence-corrected chi connectivity index (χ0v) is 10.0. The van der Waals surface area contributed by atoms with Crippen molar-refractivity contribution in [3.63, 3.8) is 0 Å². The van der Waals surface area contributed by atoms with Crippen LogP contribution in [-0.2, 0) is 11.3 Å². The molecule has 0 aliphatic carbocycles. The molecule has 1 amide bonds. The second-order valence-corrected chi connectivity index (χ2v) is 3.79. The lowest BCUT2D eigenvalue weighted by Crippen LogP contribution is -2.35. The Morgan fingerprint density at radius 3 is 2.71 bits per heavy atom. The van der Waals surface area contributed by atoms with E-state index in [4.69, 9.17) is 0 Å². The van der Waals surface area contributed by atoms with Crippen LogP contribution in [0.15, 0.2) is 18.2 Å². The molecular formula is C12H17FN2O2. The van der Waals surface area contributed by atoms with Crippen LogP contribution in [0.5, 0.6) is 5.75 Å². The largest absolute Gasteiger partial charge is 0.508 e. The standard InChI is InChI=1S/C12H17FN2O2/c1-3-15(8-12(17)14-2)7-9-4-10(13)6-11(16)5-9/h4-6,16H,3,7-8H2,1-2H3,(H,14,17). The molecule has 0 radical (unpaired) electrons. The predicted octanol–water partition coefficient (Wildman–Crippen LogP) is 1.10. The first-order chi connectivity index (χ1) is 8.05. The van der Waals surface area contributed by atoms with Crippen molar-refractivity contribution in [2.24, 2.45) is 0 Å². The third-order valence-corrected chi connectivity index (χ3v) is 2.44. The van der Waals surface area contributed by atoms with Crippen LogP contribution >= 0.6 is 0 Å². The predicted molar refractivity (Wildman–Crippen MR) is 63.1 cm³/mol. The van der Waals surface area contributed by atoms with Crippen LogP contribution in [0.2, 0.25) is 0 Å². The molecule has 1 aromatic carbocycles. The van der Waals surface area contributed by atoms with Gasteiger partial charge in [0.25, 0.3) is 0 Å². The summed E-state index contributed by atoms with van der Waals surface area (Å²) in [7, 11) is 1.57. The van der Waals surface area contributed by atoms with Crippen molar-refractivity contribution in [2.45, 2.75) is 13.5 Å². The molecule has 2 N–H and O–H groups in total. The maximum absolute atomic E-state index is 13.1. The van der Waals surface area contributed by atoms with Gasteiger partial charge in [-0.05, 0) is 24.2 Å². The van der Waals surface area contributed by atoms with Crippen LogP contribution < -0.4 is 5.32 Å². The molecule has 0 aliphatic rings. The maximum Gasteiger partial charge on any atom is 0.233 e. The summed E-state index contributed by atoms with van der Waals surface area (Å²) in [5.74, 6) is -0.667. The fourth-order valence-corrected chi connectivity index (χ4v) is 1.54. The Morgan fingerprint density at radius 1 is 1.47 bits per heavy atom. The van der Waals surface area contributed by atoms with Gasteiger partial charge in [-0.1, -0.05) is 6.92 Å². The van der Waals surface area contributed by atoms with E-state index in [0.717, 1.165) is 6.07 Å². The number of aromatic hydroxyl groups is 1. The van der Waals surface area contributed by atoms with E-state index in [0.29, 0.717) is 18.7 Å². The molecule has 0 atom stereocenters. The summed E-state index contributed by atoms with van der Waals surface area (Å²) in [6.45, 7) is 3.27. The molecular weight excluding hydrogens is 223 g/mol. The van der Waals surface area contributed by atoms with Gasteiger partial charge in [0.2, 0.25) is 5.91 Å². The van der Waals surface area contributed by atoms with Crippen molar-refractivity contribution in [3.05, 3.63) is 29.6 Å². The Labute approximate surface area is 100 Å². The molecule has 94 valence electrons. The number of nitrogens with zero attached hydrogens (tertiary/aromatic N) is 1. The number of carbonyl (C=O) groups excluding carboxylic acids is 1. The van der Waals surface area contributed by atoms with Crippen LogP contribution in [0.4, 0.5) is 4.39 Å². The average Bonchev–Trinajstić information content (AvgIpc) is 2.26. The summed E-state index contributed by atoms with van der Waals surface area (Å²) < 4.78 is 13.1. The number of nitrogens with one attached hydrogen (secondary N) is 1. The summed E-state index contributed by atoms with van der Waals surface area (Å²) in [4.78, 5) is 13.1. The number of phenolic OH excluding ortho intramolecular Hbond substituents is 1. The molecule has 0 saturated heterocycles. The van der Waals surface area contributed by atoms with Gasteiger partial charge in [-0.25, -0.2) is 4.39 Å². The van der Waals surface area contributed by atoms with Gasteiger partial charge in [0.1, 0.15) is 11.6 Å². The van der Waals surface area contributed by atoms with Gasteiger partial charge < -0.3 is 10.4 Å². The topological polar surface area (TPSA) is 52.6 Å². The first kappa shape index (κ1) is 13.4. The van der Waals surface area contributed by atoms with E-state index in [1.807, 2.05) is 11.8 Å². The van der Waals surface area contributed by atoms with Crippen molar-refractivity contribution >= 4 is 5.91 Å². The summed E-state index contributed by atoms with van der Waals surface area (Å²) in [6.07, 6.45) is 0. The molecule has 0 saturated carbocycles. The van der Waals surface area contributed by atoms with Gasteiger partial charge in [0.05, 0.1) is 6.54 Å². The fraction of sp³-hybridized carbons (Fsp3) is 0.417. The third kappa shape index (κ3) is 4.40. The van der Waals surface area contributed by atoms with Gasteiger partial charge in [0, 0.05) is 19.7 Å². The molecule has 0 spiro atoms. The number of rotatable bonds is 5. The zero-order valence-electron chi connectivity index (χ0n) is 10.0. The minimum Gasteiger partial charge on any atom is -0.508 e. The second kappa shape index (κ2) is 6.20. The Balaban J connectivity index is 2.70. The third-order valence-electron chi connectivity index (χ3n) is 2.44. The van der Waals surface area contributed by atoms with Crippen molar-refractivity contribution < 1.29 is 14.3 Å². The van der Waals surface area contributed by atoms with Crippen molar-refractivity contribution in [1.29, 1.82) is 0 Å². The number of amides is 1. The highest BCUT2D eigenvalue weighted by molar-refractivity contribution is 5.77. The first-order valence-corrected chi connectivity index (χ1v) is 5.46. The van der Waals surface area contributed by atoms with E-state index in [1.54, 1.807) is 7.05 Å². The fourth-order valence-electron chi connectivity index (χ4n) is 1.54. The molecule has 0 heterocycles. The smallest absolute Gasteiger partial charge is 0.233 e. The summed E-state index contributed by atoms with van der Waals surface area (Å²) in [5, 5.41) is 11.8. The summed E-state index contributed by atoms with van der Waals surface area (Å²) in [6, 6.07) is 3.90. The van der Waals surface area contributed by atoms with Crippen LogP contribution in [0.3, 0.4) is 0 Å². The average molecular weight is 240 g/mol. The number of phenols is 1. The molecule has 0 aromatic heterocycles. The number of carbonyl (C=O) groups is 1.